The highest BCUT2D eigenvalue weighted by Gasteiger charge is 1.91. The van der Waals surface area contributed by atoms with E-state index in [9.17, 15) is 4.79 Å². The Morgan fingerprint density at radius 3 is 1.56 bits per heavy atom. The van der Waals surface area contributed by atoms with E-state index in [4.69, 9.17) is 0 Å². The van der Waals surface area contributed by atoms with E-state index < -0.39 is 0 Å². The van der Waals surface area contributed by atoms with Gasteiger partial charge < -0.3 is 0 Å². The van der Waals surface area contributed by atoms with Crippen LogP contribution in [0.15, 0.2) is 79.0 Å². The fourth-order valence-electron chi connectivity index (χ4n) is 1.40. The van der Waals surface area contributed by atoms with Crippen molar-refractivity contribution in [2.45, 2.75) is 6.92 Å². The molecule has 18 heavy (non-hydrogen) atoms. The number of ketones is 1. The monoisotopic (exact) mass is 236 g/mol. The maximum atomic E-state index is 9.89. The zero-order chi connectivity index (χ0) is 13.2. The molecule has 0 saturated heterocycles. The van der Waals surface area contributed by atoms with Gasteiger partial charge in [0.2, 0.25) is 0 Å². The van der Waals surface area contributed by atoms with Gasteiger partial charge in [0.15, 0.2) is 5.78 Å². The lowest BCUT2D eigenvalue weighted by atomic mass is 10.1. The summed E-state index contributed by atoms with van der Waals surface area (Å²) in [5, 5.41) is 0. The maximum absolute atomic E-state index is 9.89. The minimum atomic E-state index is -0.00926. The van der Waals surface area contributed by atoms with Crippen molar-refractivity contribution >= 4 is 5.78 Å². The van der Waals surface area contributed by atoms with Gasteiger partial charge in [-0.1, -0.05) is 67.2 Å². The number of hydrogen-bond donors (Lipinski definition) is 0. The maximum Gasteiger partial charge on any atom is 0.160 e. The Hall–Kier alpha value is -2.37. The molecule has 0 aliphatic heterocycles. The van der Waals surface area contributed by atoms with Crippen LogP contribution >= 0.6 is 0 Å². The molecule has 0 atom stereocenters. The Bertz CT molecular complexity index is 483. The van der Waals surface area contributed by atoms with Crippen molar-refractivity contribution in [2.75, 3.05) is 0 Å². The van der Waals surface area contributed by atoms with Crippen LogP contribution in [0.1, 0.15) is 6.92 Å². The van der Waals surface area contributed by atoms with E-state index in [2.05, 4.69) is 60.8 Å². The molecular weight excluding hydrogens is 220 g/mol. The van der Waals surface area contributed by atoms with Gasteiger partial charge in [-0.2, -0.15) is 0 Å². The van der Waals surface area contributed by atoms with Gasteiger partial charge in [0.05, 0.1) is 0 Å². The van der Waals surface area contributed by atoms with E-state index in [0.29, 0.717) is 0 Å². The number of carbonyl (C=O) groups is 1. The highest BCUT2D eigenvalue weighted by Crippen LogP contribution is 2.17. The third-order valence-corrected chi connectivity index (χ3v) is 2.19. The van der Waals surface area contributed by atoms with E-state index in [1.807, 2.05) is 12.1 Å². The molecule has 0 bridgehead atoms. The number of hydrogen-bond acceptors (Lipinski definition) is 1. The van der Waals surface area contributed by atoms with Crippen LogP contribution in [0, 0.1) is 0 Å². The summed E-state index contributed by atoms with van der Waals surface area (Å²) in [5.74, 6) is -0.00926. The van der Waals surface area contributed by atoms with Crippen molar-refractivity contribution in [3.8, 4) is 11.1 Å². The Balaban J connectivity index is 0.000000232. The second-order valence-corrected chi connectivity index (χ2v) is 3.69. The van der Waals surface area contributed by atoms with E-state index in [-0.39, 0.29) is 5.78 Å². The summed E-state index contributed by atoms with van der Waals surface area (Å²) in [4.78, 5) is 9.89. The number of rotatable bonds is 2. The normalized spacial score (nSPS) is 8.50. The van der Waals surface area contributed by atoms with Gasteiger partial charge in [0.1, 0.15) is 0 Å². The second-order valence-electron chi connectivity index (χ2n) is 3.69. The summed E-state index contributed by atoms with van der Waals surface area (Å²) in [5.41, 5.74) is 4.89. The topological polar surface area (TPSA) is 17.1 Å². The Labute approximate surface area is 108 Å². The van der Waals surface area contributed by atoms with Crippen molar-refractivity contribution in [1.82, 2.24) is 0 Å². The lowest BCUT2D eigenvalue weighted by Crippen LogP contribution is -1.75. The van der Waals surface area contributed by atoms with Crippen molar-refractivity contribution in [3.63, 3.8) is 0 Å². The van der Waals surface area contributed by atoms with E-state index in [0.717, 1.165) is 0 Å². The fraction of sp³-hybridized carbons (Fsp3) is 0.0588. The van der Waals surface area contributed by atoms with Crippen LogP contribution in [-0.4, -0.2) is 5.78 Å². The van der Waals surface area contributed by atoms with Crippen LogP contribution < -0.4 is 0 Å². The lowest BCUT2D eigenvalue weighted by Gasteiger charge is -1.98. The van der Waals surface area contributed by atoms with Crippen molar-refractivity contribution in [3.05, 3.63) is 79.0 Å². The van der Waals surface area contributed by atoms with Crippen LogP contribution in [0.3, 0.4) is 0 Å². The van der Waals surface area contributed by atoms with Gasteiger partial charge in [-0.3, -0.25) is 4.79 Å². The molecule has 90 valence electrons. The molecule has 2 rings (SSSR count). The first-order valence-electron chi connectivity index (χ1n) is 5.71. The molecule has 0 aliphatic carbocycles. The Morgan fingerprint density at radius 2 is 1.33 bits per heavy atom. The molecule has 0 fully saturated rings. The quantitative estimate of drug-likeness (QED) is 0.562. The molecule has 0 heterocycles. The lowest BCUT2D eigenvalue weighted by molar-refractivity contribution is -0.112. The molecule has 0 radical (unpaired) electrons. The van der Waals surface area contributed by atoms with E-state index >= 15 is 0 Å². The third kappa shape index (κ3) is 5.11. The fourth-order valence-corrected chi connectivity index (χ4v) is 1.40. The van der Waals surface area contributed by atoms with E-state index in [1.54, 1.807) is 0 Å². The molecule has 0 saturated carbocycles. The standard InChI is InChI=1S/C12H10.C5H6O/c1-3-7-11(8-4-1)12-9-5-2-6-10-12;1-3-4-5(2)6/h1-10H;4H,1H2,2H3. The summed E-state index contributed by atoms with van der Waals surface area (Å²) in [6.45, 7) is 4.66. The van der Waals surface area contributed by atoms with Gasteiger partial charge in [0, 0.05) is 6.08 Å². The molecule has 0 unspecified atom stereocenters. The van der Waals surface area contributed by atoms with Gasteiger partial charge in [-0.25, -0.2) is 0 Å². The minimum absolute atomic E-state index is 0.00926. The molecule has 0 amide bonds. The predicted octanol–water partition coefficient (Wildman–Crippen LogP) is 4.27. The van der Waals surface area contributed by atoms with Crippen LogP contribution in [0.25, 0.3) is 11.1 Å². The summed E-state index contributed by atoms with van der Waals surface area (Å²) in [7, 11) is 0. The van der Waals surface area contributed by atoms with E-state index in [1.165, 1.54) is 24.1 Å². The average molecular weight is 236 g/mol. The first-order valence-corrected chi connectivity index (χ1v) is 5.71. The van der Waals surface area contributed by atoms with Gasteiger partial charge in [0.25, 0.3) is 0 Å². The smallest absolute Gasteiger partial charge is 0.160 e. The second kappa shape index (κ2) is 7.83. The summed E-state index contributed by atoms with van der Waals surface area (Å²) in [6, 6.07) is 20.8. The molecule has 1 nitrogen and oxygen atoms in total. The van der Waals surface area contributed by atoms with Crippen molar-refractivity contribution in [2.24, 2.45) is 0 Å². The van der Waals surface area contributed by atoms with Crippen LogP contribution in [-0.2, 0) is 4.79 Å². The summed E-state index contributed by atoms with van der Waals surface area (Å²) < 4.78 is 0. The third-order valence-electron chi connectivity index (χ3n) is 2.19. The number of carbonyl (C=O) groups excluding carboxylic acids is 1. The summed E-state index contributed by atoms with van der Waals surface area (Å²) >= 11 is 0. The molecule has 0 spiro atoms. The van der Waals surface area contributed by atoms with Crippen LogP contribution in [0.4, 0.5) is 0 Å². The zero-order valence-corrected chi connectivity index (χ0v) is 10.5. The van der Waals surface area contributed by atoms with Gasteiger partial charge in [-0.15, -0.1) is 5.73 Å². The van der Waals surface area contributed by atoms with Gasteiger partial charge >= 0.3 is 0 Å². The van der Waals surface area contributed by atoms with Crippen LogP contribution in [0.2, 0.25) is 0 Å². The predicted molar refractivity (Wildman–Crippen MR) is 76.3 cm³/mol. The zero-order valence-electron chi connectivity index (χ0n) is 10.5. The minimum Gasteiger partial charge on any atom is -0.294 e. The Kier molecular flexibility index (Phi) is 5.96. The van der Waals surface area contributed by atoms with Gasteiger partial charge in [-0.05, 0) is 18.1 Å². The molecule has 2 aromatic rings. The Morgan fingerprint density at radius 1 is 0.944 bits per heavy atom. The molecule has 0 aliphatic rings. The highest BCUT2D eigenvalue weighted by atomic mass is 16.1. The van der Waals surface area contributed by atoms with Crippen molar-refractivity contribution < 1.29 is 4.79 Å². The first-order chi connectivity index (χ1) is 8.74. The molecular formula is C17H16O. The SMILES string of the molecule is C=C=CC(C)=O.c1ccc(-c2ccccc2)cc1. The van der Waals surface area contributed by atoms with Crippen molar-refractivity contribution in [1.29, 1.82) is 0 Å². The number of allylic oxidation sites excluding steroid dienone is 1. The molecule has 0 aromatic heterocycles. The average Bonchev–Trinajstić information content (AvgIpc) is 2.41. The highest BCUT2D eigenvalue weighted by molar-refractivity contribution is 5.86. The molecule has 1 heteroatoms. The number of benzene rings is 2. The first kappa shape index (κ1) is 13.7. The van der Waals surface area contributed by atoms with Crippen LogP contribution in [0.5, 0.6) is 0 Å². The molecule has 0 N–H and O–H groups in total. The molecule has 2 aromatic carbocycles. The largest absolute Gasteiger partial charge is 0.294 e. The summed E-state index contributed by atoms with van der Waals surface area (Å²) in [6.07, 6.45) is 1.29.